The van der Waals surface area contributed by atoms with Gasteiger partial charge in [-0.05, 0) is 12.1 Å². The molecule has 0 aliphatic rings. The van der Waals surface area contributed by atoms with Gasteiger partial charge in [0.05, 0.1) is 13.1 Å². The first-order valence-corrected chi connectivity index (χ1v) is 4.52. The lowest BCUT2D eigenvalue weighted by molar-refractivity contribution is -0.146. The number of carbonyl (C=O) groups is 2. The molecule has 0 aliphatic carbocycles. The van der Waals surface area contributed by atoms with Crippen LogP contribution < -0.4 is 11.1 Å². The molecular formula is C9H12N2O5. The monoisotopic (exact) mass is 228 g/mol. The van der Waals surface area contributed by atoms with Gasteiger partial charge in [0.2, 0.25) is 0 Å². The fourth-order valence-corrected chi connectivity index (χ4v) is 0.973. The Morgan fingerprint density at radius 2 is 2.19 bits per heavy atom. The lowest BCUT2D eigenvalue weighted by atomic mass is 10.3. The van der Waals surface area contributed by atoms with Gasteiger partial charge in [0.25, 0.3) is 5.91 Å². The van der Waals surface area contributed by atoms with Gasteiger partial charge in [0.1, 0.15) is 5.76 Å². The number of carbonyl (C=O) groups excluding carboxylic acids is 1. The molecule has 7 nitrogen and oxygen atoms in total. The molecule has 1 amide bonds. The molecule has 1 heterocycles. The van der Waals surface area contributed by atoms with E-state index in [1.807, 2.05) is 0 Å². The molecule has 0 aromatic carbocycles. The minimum Gasteiger partial charge on any atom is -0.479 e. The zero-order valence-corrected chi connectivity index (χ0v) is 8.34. The molecule has 0 unspecified atom stereocenters. The number of carboxylic acid groups (broad SMARTS) is 1. The lowest BCUT2D eigenvalue weighted by Gasteiger charge is -2.05. The average Bonchev–Trinajstić information content (AvgIpc) is 2.73. The molecule has 0 radical (unpaired) electrons. The molecule has 0 fully saturated rings. The first-order valence-electron chi connectivity index (χ1n) is 4.52. The van der Waals surface area contributed by atoms with Crippen LogP contribution >= 0.6 is 0 Å². The summed E-state index contributed by atoms with van der Waals surface area (Å²) in [6.07, 6.45) is -1.63. The van der Waals surface area contributed by atoms with Crippen molar-refractivity contribution < 1.29 is 24.2 Å². The summed E-state index contributed by atoms with van der Waals surface area (Å²) in [6.45, 7) is -0.210. The van der Waals surface area contributed by atoms with Crippen LogP contribution in [-0.4, -0.2) is 34.7 Å². The van der Waals surface area contributed by atoms with Gasteiger partial charge >= 0.3 is 5.97 Å². The number of aliphatic hydroxyl groups is 1. The summed E-state index contributed by atoms with van der Waals surface area (Å²) in [5, 5.41) is 19.5. The van der Waals surface area contributed by atoms with Crippen molar-refractivity contribution in [3.05, 3.63) is 23.7 Å². The normalized spacial score (nSPS) is 12.1. The molecule has 0 saturated carbocycles. The first kappa shape index (κ1) is 12.2. The molecule has 16 heavy (non-hydrogen) atoms. The quantitative estimate of drug-likeness (QED) is 0.507. The van der Waals surface area contributed by atoms with Crippen LogP contribution in [0.1, 0.15) is 16.3 Å². The van der Waals surface area contributed by atoms with E-state index >= 15 is 0 Å². The summed E-state index contributed by atoms with van der Waals surface area (Å²) in [5.74, 6) is -1.52. The van der Waals surface area contributed by atoms with Gasteiger partial charge in [-0.2, -0.15) is 0 Å². The second-order valence-corrected chi connectivity index (χ2v) is 3.03. The maximum Gasteiger partial charge on any atom is 0.334 e. The fraction of sp³-hybridized carbons (Fsp3) is 0.333. The van der Waals surface area contributed by atoms with Gasteiger partial charge in [-0.1, -0.05) is 0 Å². The molecule has 1 aromatic rings. The minimum absolute atomic E-state index is 0.0260. The van der Waals surface area contributed by atoms with Crippen molar-refractivity contribution >= 4 is 11.9 Å². The Morgan fingerprint density at radius 1 is 1.50 bits per heavy atom. The molecule has 1 rings (SSSR count). The Labute approximate surface area is 90.9 Å². The lowest BCUT2D eigenvalue weighted by Crippen LogP contribution is -2.36. The van der Waals surface area contributed by atoms with Crippen molar-refractivity contribution in [3.8, 4) is 0 Å². The van der Waals surface area contributed by atoms with E-state index in [1.54, 1.807) is 6.07 Å². The van der Waals surface area contributed by atoms with E-state index in [0.717, 1.165) is 0 Å². The molecule has 0 spiro atoms. The third-order valence-corrected chi connectivity index (χ3v) is 1.83. The van der Waals surface area contributed by atoms with E-state index in [0.29, 0.717) is 5.76 Å². The molecule has 0 saturated heterocycles. The summed E-state index contributed by atoms with van der Waals surface area (Å²) in [5.41, 5.74) is 5.28. The van der Waals surface area contributed by atoms with E-state index in [1.165, 1.54) is 6.07 Å². The van der Waals surface area contributed by atoms with Gasteiger partial charge in [-0.25, -0.2) is 4.79 Å². The van der Waals surface area contributed by atoms with Crippen LogP contribution in [0.15, 0.2) is 16.5 Å². The van der Waals surface area contributed by atoms with Gasteiger partial charge in [-0.3, -0.25) is 4.79 Å². The van der Waals surface area contributed by atoms with Crippen molar-refractivity contribution in [2.75, 3.05) is 6.54 Å². The van der Waals surface area contributed by atoms with Crippen LogP contribution in [-0.2, 0) is 11.3 Å². The third-order valence-electron chi connectivity index (χ3n) is 1.83. The third kappa shape index (κ3) is 3.07. The Morgan fingerprint density at radius 3 is 2.69 bits per heavy atom. The van der Waals surface area contributed by atoms with E-state index in [4.69, 9.17) is 20.4 Å². The summed E-state index contributed by atoms with van der Waals surface area (Å²) in [6, 6.07) is 2.97. The highest BCUT2D eigenvalue weighted by molar-refractivity contribution is 5.91. The number of furan rings is 1. The number of nitrogens with one attached hydrogen (secondary N) is 1. The van der Waals surface area contributed by atoms with Crippen molar-refractivity contribution in [3.63, 3.8) is 0 Å². The zero-order chi connectivity index (χ0) is 12.1. The summed E-state index contributed by atoms with van der Waals surface area (Å²) in [4.78, 5) is 21.6. The van der Waals surface area contributed by atoms with Crippen LogP contribution in [0.3, 0.4) is 0 Å². The topological polar surface area (TPSA) is 126 Å². The fourth-order valence-electron chi connectivity index (χ4n) is 0.973. The van der Waals surface area contributed by atoms with Gasteiger partial charge < -0.3 is 25.7 Å². The van der Waals surface area contributed by atoms with Crippen molar-refractivity contribution in [2.45, 2.75) is 12.6 Å². The van der Waals surface area contributed by atoms with Gasteiger partial charge in [-0.15, -0.1) is 0 Å². The summed E-state index contributed by atoms with van der Waals surface area (Å²) < 4.78 is 5.02. The van der Waals surface area contributed by atoms with Gasteiger partial charge in [0, 0.05) is 0 Å². The smallest absolute Gasteiger partial charge is 0.334 e. The number of aliphatic hydroxyl groups excluding tert-OH is 1. The number of amides is 1. The molecule has 7 heteroatoms. The van der Waals surface area contributed by atoms with Crippen LogP contribution in [0, 0.1) is 0 Å². The zero-order valence-electron chi connectivity index (χ0n) is 8.34. The minimum atomic E-state index is -1.63. The predicted octanol–water partition coefficient (Wildman–Crippen LogP) is -1.09. The van der Waals surface area contributed by atoms with Crippen molar-refractivity contribution in [1.29, 1.82) is 0 Å². The highest BCUT2D eigenvalue weighted by atomic mass is 16.4. The number of rotatable bonds is 5. The first-order chi connectivity index (χ1) is 7.54. The predicted molar refractivity (Wildman–Crippen MR) is 52.6 cm³/mol. The van der Waals surface area contributed by atoms with Gasteiger partial charge in [0.15, 0.2) is 11.9 Å². The SMILES string of the molecule is NCc1ccc(C(=O)NC[C@H](O)C(=O)O)o1. The maximum absolute atomic E-state index is 11.4. The molecular weight excluding hydrogens is 216 g/mol. The molecule has 88 valence electrons. The number of aliphatic carboxylic acids is 1. The number of hydrogen-bond acceptors (Lipinski definition) is 5. The Kier molecular flexibility index (Phi) is 4.03. The number of nitrogens with two attached hydrogens (primary N) is 1. The highest BCUT2D eigenvalue weighted by Gasteiger charge is 2.16. The molecule has 0 bridgehead atoms. The van der Waals surface area contributed by atoms with E-state index in [-0.39, 0.29) is 18.8 Å². The summed E-state index contributed by atoms with van der Waals surface area (Å²) >= 11 is 0. The van der Waals surface area contributed by atoms with E-state index in [2.05, 4.69) is 5.32 Å². The Hall–Kier alpha value is -1.86. The number of carboxylic acids is 1. The molecule has 0 aliphatic heterocycles. The second kappa shape index (κ2) is 5.29. The summed E-state index contributed by atoms with van der Waals surface area (Å²) in [7, 11) is 0. The van der Waals surface area contributed by atoms with E-state index < -0.39 is 18.0 Å². The van der Waals surface area contributed by atoms with Crippen LogP contribution in [0.25, 0.3) is 0 Å². The maximum atomic E-state index is 11.4. The second-order valence-electron chi connectivity index (χ2n) is 3.03. The van der Waals surface area contributed by atoms with Crippen LogP contribution in [0.5, 0.6) is 0 Å². The average molecular weight is 228 g/mol. The van der Waals surface area contributed by atoms with Crippen LogP contribution in [0.4, 0.5) is 0 Å². The highest BCUT2D eigenvalue weighted by Crippen LogP contribution is 2.06. The largest absolute Gasteiger partial charge is 0.479 e. The molecule has 1 atom stereocenters. The Bertz CT molecular complexity index is 387. The molecule has 1 aromatic heterocycles. The van der Waals surface area contributed by atoms with Crippen molar-refractivity contribution in [1.82, 2.24) is 5.32 Å². The van der Waals surface area contributed by atoms with Crippen LogP contribution in [0.2, 0.25) is 0 Å². The van der Waals surface area contributed by atoms with Crippen molar-refractivity contribution in [2.24, 2.45) is 5.73 Å². The number of hydrogen-bond donors (Lipinski definition) is 4. The molecule has 5 N–H and O–H groups in total. The Balaban J connectivity index is 2.49. The van der Waals surface area contributed by atoms with E-state index in [9.17, 15) is 9.59 Å². The standard InChI is InChI=1S/C9H12N2O5/c10-3-5-1-2-7(16-5)8(13)11-4-6(12)9(14)15/h1-2,6,12H,3-4,10H2,(H,11,13)(H,14,15)/t6-/m0/s1.